The van der Waals surface area contributed by atoms with Gasteiger partial charge in [-0.15, -0.1) is 0 Å². The number of hydrogen-bond donors (Lipinski definition) is 1. The van der Waals surface area contributed by atoms with E-state index in [-0.39, 0.29) is 18.2 Å². The van der Waals surface area contributed by atoms with E-state index in [0.717, 1.165) is 16.7 Å². The highest BCUT2D eigenvalue weighted by Gasteiger charge is 2.03. The number of benzene rings is 3. The zero-order chi connectivity index (χ0) is 18.4. The van der Waals surface area contributed by atoms with Crippen LogP contribution in [0.4, 0.5) is 8.78 Å². The van der Waals surface area contributed by atoms with Crippen molar-refractivity contribution in [2.24, 2.45) is 0 Å². The van der Waals surface area contributed by atoms with Gasteiger partial charge in [0.15, 0.2) is 0 Å². The van der Waals surface area contributed by atoms with Crippen molar-refractivity contribution in [1.29, 1.82) is 0 Å². The van der Waals surface area contributed by atoms with Gasteiger partial charge in [-0.25, -0.2) is 8.78 Å². The van der Waals surface area contributed by atoms with E-state index in [0.29, 0.717) is 23.9 Å². The molecular formula is C21H18ClF2NO. The fourth-order valence-electron chi connectivity index (χ4n) is 2.46. The maximum absolute atomic E-state index is 13.0. The second-order valence-corrected chi connectivity index (χ2v) is 6.31. The van der Waals surface area contributed by atoms with Gasteiger partial charge in [0.25, 0.3) is 0 Å². The third-order valence-corrected chi connectivity index (χ3v) is 4.26. The highest BCUT2D eigenvalue weighted by Crippen LogP contribution is 2.20. The summed E-state index contributed by atoms with van der Waals surface area (Å²) in [5, 5.41) is 3.66. The van der Waals surface area contributed by atoms with Gasteiger partial charge in [-0.2, -0.15) is 0 Å². The molecule has 0 saturated carbocycles. The monoisotopic (exact) mass is 373 g/mol. The normalized spacial score (nSPS) is 10.7. The summed E-state index contributed by atoms with van der Waals surface area (Å²) in [6.45, 7) is 1.64. The first-order valence-corrected chi connectivity index (χ1v) is 8.59. The zero-order valence-corrected chi connectivity index (χ0v) is 14.8. The SMILES string of the molecule is Fc1ccc(CNCc2ccc(OCc3ccc(F)cc3Cl)cc2)cc1. The van der Waals surface area contributed by atoms with Gasteiger partial charge in [-0.1, -0.05) is 41.9 Å². The van der Waals surface area contributed by atoms with E-state index in [4.69, 9.17) is 16.3 Å². The summed E-state index contributed by atoms with van der Waals surface area (Å²) in [6, 6.07) is 18.4. The Bertz CT molecular complexity index is 851. The van der Waals surface area contributed by atoms with Crippen LogP contribution in [0, 0.1) is 11.6 Å². The molecule has 0 atom stereocenters. The third kappa shape index (κ3) is 5.28. The van der Waals surface area contributed by atoms with Crippen molar-refractivity contribution in [1.82, 2.24) is 5.32 Å². The van der Waals surface area contributed by atoms with Crippen molar-refractivity contribution in [3.05, 3.63) is 100 Å². The summed E-state index contributed by atoms with van der Waals surface area (Å²) >= 11 is 5.99. The first kappa shape index (κ1) is 18.4. The Balaban J connectivity index is 1.47. The lowest BCUT2D eigenvalue weighted by Gasteiger charge is -2.09. The Labute approximate surface area is 156 Å². The van der Waals surface area contributed by atoms with E-state index in [9.17, 15) is 8.78 Å². The fourth-order valence-corrected chi connectivity index (χ4v) is 2.68. The molecule has 0 radical (unpaired) electrons. The van der Waals surface area contributed by atoms with Gasteiger partial charge in [-0.05, 0) is 47.5 Å². The molecule has 0 aliphatic heterocycles. The van der Waals surface area contributed by atoms with Crippen LogP contribution in [-0.2, 0) is 19.7 Å². The second kappa shape index (κ2) is 8.79. The van der Waals surface area contributed by atoms with E-state index >= 15 is 0 Å². The van der Waals surface area contributed by atoms with Crippen LogP contribution >= 0.6 is 11.6 Å². The molecule has 0 amide bonds. The minimum absolute atomic E-state index is 0.230. The van der Waals surface area contributed by atoms with E-state index in [1.807, 2.05) is 24.3 Å². The number of ether oxygens (including phenoxy) is 1. The predicted molar refractivity (Wildman–Crippen MR) is 99.1 cm³/mol. The van der Waals surface area contributed by atoms with Crippen molar-refractivity contribution in [2.45, 2.75) is 19.7 Å². The number of nitrogens with one attached hydrogen (secondary N) is 1. The van der Waals surface area contributed by atoms with Gasteiger partial charge in [0.05, 0.1) is 5.02 Å². The van der Waals surface area contributed by atoms with Crippen molar-refractivity contribution in [3.8, 4) is 5.75 Å². The number of halogens is 3. The molecule has 0 fully saturated rings. The second-order valence-electron chi connectivity index (χ2n) is 5.90. The maximum atomic E-state index is 13.0. The molecule has 134 valence electrons. The van der Waals surface area contributed by atoms with Crippen LogP contribution in [0.25, 0.3) is 0 Å². The minimum atomic E-state index is -0.365. The molecule has 0 aliphatic carbocycles. The van der Waals surface area contributed by atoms with Gasteiger partial charge < -0.3 is 10.1 Å². The van der Waals surface area contributed by atoms with Crippen molar-refractivity contribution < 1.29 is 13.5 Å². The van der Waals surface area contributed by atoms with Crippen LogP contribution in [0.15, 0.2) is 66.7 Å². The van der Waals surface area contributed by atoms with E-state index in [1.54, 1.807) is 18.2 Å². The summed E-state index contributed by atoms with van der Waals surface area (Å²) < 4.78 is 31.6. The van der Waals surface area contributed by atoms with E-state index < -0.39 is 0 Å². The summed E-state index contributed by atoms with van der Waals surface area (Å²) in [7, 11) is 0. The number of rotatable bonds is 7. The lowest BCUT2D eigenvalue weighted by atomic mass is 10.2. The Hall–Kier alpha value is -2.43. The topological polar surface area (TPSA) is 21.3 Å². The number of hydrogen-bond acceptors (Lipinski definition) is 2. The largest absolute Gasteiger partial charge is 0.489 e. The van der Waals surface area contributed by atoms with Gasteiger partial charge in [0.2, 0.25) is 0 Å². The highest BCUT2D eigenvalue weighted by molar-refractivity contribution is 6.31. The molecule has 3 rings (SSSR count). The van der Waals surface area contributed by atoms with Crippen molar-refractivity contribution in [3.63, 3.8) is 0 Å². The molecule has 26 heavy (non-hydrogen) atoms. The van der Waals surface area contributed by atoms with Crippen LogP contribution in [0.3, 0.4) is 0 Å². The molecule has 3 aromatic carbocycles. The van der Waals surface area contributed by atoms with Crippen LogP contribution in [0.2, 0.25) is 5.02 Å². The molecule has 0 aromatic heterocycles. The Kier molecular flexibility index (Phi) is 6.21. The molecule has 0 aliphatic rings. The molecule has 1 N–H and O–H groups in total. The van der Waals surface area contributed by atoms with Gasteiger partial charge in [-0.3, -0.25) is 0 Å². The lowest BCUT2D eigenvalue weighted by molar-refractivity contribution is 0.306. The molecule has 5 heteroatoms. The highest BCUT2D eigenvalue weighted by atomic mass is 35.5. The fraction of sp³-hybridized carbons (Fsp3) is 0.143. The molecular weight excluding hydrogens is 356 g/mol. The molecule has 0 spiro atoms. The molecule has 2 nitrogen and oxygen atoms in total. The van der Waals surface area contributed by atoms with E-state index in [2.05, 4.69) is 5.32 Å². The average Bonchev–Trinajstić information content (AvgIpc) is 2.64. The maximum Gasteiger partial charge on any atom is 0.124 e. The van der Waals surface area contributed by atoms with Crippen LogP contribution in [0.1, 0.15) is 16.7 Å². The van der Waals surface area contributed by atoms with Crippen LogP contribution in [-0.4, -0.2) is 0 Å². The van der Waals surface area contributed by atoms with Gasteiger partial charge >= 0.3 is 0 Å². The summed E-state index contributed by atoms with van der Waals surface area (Å²) in [5.41, 5.74) is 2.87. The van der Waals surface area contributed by atoms with Crippen LogP contribution < -0.4 is 10.1 Å². The first-order valence-electron chi connectivity index (χ1n) is 8.21. The van der Waals surface area contributed by atoms with Gasteiger partial charge in [0.1, 0.15) is 24.0 Å². The Morgan fingerprint density at radius 1 is 0.769 bits per heavy atom. The Morgan fingerprint density at radius 3 is 1.96 bits per heavy atom. The summed E-state index contributed by atoms with van der Waals surface area (Å²) in [5.74, 6) is 0.121. The summed E-state index contributed by atoms with van der Waals surface area (Å²) in [6.07, 6.45) is 0. The predicted octanol–water partition coefficient (Wildman–Crippen LogP) is 5.49. The smallest absolute Gasteiger partial charge is 0.124 e. The Morgan fingerprint density at radius 2 is 1.35 bits per heavy atom. The third-order valence-electron chi connectivity index (χ3n) is 3.90. The van der Waals surface area contributed by atoms with E-state index in [1.165, 1.54) is 24.3 Å². The van der Waals surface area contributed by atoms with Crippen molar-refractivity contribution >= 4 is 11.6 Å². The quantitative estimate of drug-likeness (QED) is 0.591. The van der Waals surface area contributed by atoms with Crippen molar-refractivity contribution in [2.75, 3.05) is 0 Å². The minimum Gasteiger partial charge on any atom is -0.489 e. The average molecular weight is 374 g/mol. The standard InChI is InChI=1S/C21H18ClF2NO/c22-21-11-19(24)8-5-17(21)14-26-20-9-3-16(4-10-20)13-25-12-15-1-6-18(23)7-2-15/h1-11,25H,12-14H2. The lowest BCUT2D eigenvalue weighted by Crippen LogP contribution is -2.12. The molecule has 0 saturated heterocycles. The first-order chi connectivity index (χ1) is 12.6. The molecule has 0 heterocycles. The molecule has 0 bridgehead atoms. The van der Waals surface area contributed by atoms with Gasteiger partial charge in [0, 0.05) is 18.7 Å². The molecule has 3 aromatic rings. The van der Waals surface area contributed by atoms with Crippen LogP contribution in [0.5, 0.6) is 5.75 Å². The summed E-state index contributed by atoms with van der Waals surface area (Å²) in [4.78, 5) is 0. The molecule has 0 unspecified atom stereocenters. The zero-order valence-electron chi connectivity index (χ0n) is 14.0.